The summed E-state index contributed by atoms with van der Waals surface area (Å²) < 4.78 is 1.76. The summed E-state index contributed by atoms with van der Waals surface area (Å²) >= 11 is 0. The van der Waals surface area contributed by atoms with E-state index in [0.29, 0.717) is 12.4 Å². The van der Waals surface area contributed by atoms with E-state index < -0.39 is 0 Å². The van der Waals surface area contributed by atoms with Crippen LogP contribution < -0.4 is 10.9 Å². The Balaban J connectivity index is 1.51. The van der Waals surface area contributed by atoms with Gasteiger partial charge in [-0.05, 0) is 50.5 Å². The Bertz CT molecular complexity index is 964. The molecule has 0 bridgehead atoms. The average molecular weight is 377 g/mol. The molecule has 1 aliphatic rings. The number of nitrogens with one attached hydrogen (secondary N) is 1. The quantitative estimate of drug-likeness (QED) is 0.641. The molecule has 4 rings (SSSR count). The molecule has 28 heavy (non-hydrogen) atoms. The normalized spacial score (nSPS) is 15.0. The van der Waals surface area contributed by atoms with Gasteiger partial charge in [0.1, 0.15) is 0 Å². The number of nitrogens with zero attached hydrogens (tertiary/aromatic N) is 4. The Labute approximate surface area is 165 Å². The molecular weight excluding hydrogens is 350 g/mol. The van der Waals surface area contributed by atoms with Crippen LogP contribution in [0.4, 0.5) is 5.82 Å². The number of likely N-dealkylation sites (tertiary alicyclic amines) is 1. The molecule has 0 amide bonds. The minimum atomic E-state index is -0.0951. The molecule has 2 aromatic heterocycles. The topological polar surface area (TPSA) is 63.1 Å². The minimum Gasteiger partial charge on any atom is -0.365 e. The molecule has 146 valence electrons. The maximum Gasteiger partial charge on any atom is 0.294 e. The molecule has 3 aromatic rings. The molecular formula is C22H27N5O. The highest BCUT2D eigenvalue weighted by molar-refractivity contribution is 5.75. The lowest BCUT2D eigenvalue weighted by Crippen LogP contribution is -2.32. The van der Waals surface area contributed by atoms with Crippen LogP contribution in [0.5, 0.6) is 0 Å². The summed E-state index contributed by atoms with van der Waals surface area (Å²) in [6.45, 7) is 4.73. The van der Waals surface area contributed by atoms with Crippen LogP contribution in [-0.4, -0.2) is 45.6 Å². The van der Waals surface area contributed by atoms with Gasteiger partial charge in [-0.15, -0.1) is 0 Å². The Kier molecular flexibility index (Phi) is 5.97. The van der Waals surface area contributed by atoms with E-state index in [1.165, 1.54) is 32.4 Å². The molecule has 0 saturated carbocycles. The number of anilines is 1. The van der Waals surface area contributed by atoms with Crippen LogP contribution in [0.25, 0.3) is 11.0 Å². The molecule has 6 nitrogen and oxygen atoms in total. The fourth-order valence-corrected chi connectivity index (χ4v) is 3.82. The van der Waals surface area contributed by atoms with Crippen molar-refractivity contribution in [2.45, 2.75) is 32.2 Å². The predicted molar refractivity (Wildman–Crippen MR) is 113 cm³/mol. The summed E-state index contributed by atoms with van der Waals surface area (Å²) in [6.07, 6.45) is 8.40. The molecule has 1 aromatic carbocycles. The number of pyridine rings is 1. The first-order chi connectivity index (χ1) is 13.8. The highest BCUT2D eigenvalue weighted by Gasteiger charge is 2.12. The summed E-state index contributed by atoms with van der Waals surface area (Å²) in [5, 5.41) is 3.28. The number of aromatic nitrogens is 3. The number of hydrogen-bond acceptors (Lipinski definition) is 5. The Morgan fingerprint density at radius 1 is 1.04 bits per heavy atom. The lowest BCUT2D eigenvalue weighted by Gasteiger charge is -2.26. The third kappa shape index (κ3) is 4.39. The van der Waals surface area contributed by atoms with Gasteiger partial charge in [0.05, 0.1) is 23.8 Å². The van der Waals surface area contributed by atoms with Crippen LogP contribution in [0.2, 0.25) is 0 Å². The summed E-state index contributed by atoms with van der Waals surface area (Å²) in [5.74, 6) is 0.424. The van der Waals surface area contributed by atoms with E-state index >= 15 is 0 Å². The van der Waals surface area contributed by atoms with E-state index in [-0.39, 0.29) is 5.56 Å². The van der Waals surface area contributed by atoms with Crippen molar-refractivity contribution in [3.63, 3.8) is 0 Å². The third-order valence-electron chi connectivity index (χ3n) is 5.32. The van der Waals surface area contributed by atoms with Gasteiger partial charge in [-0.2, -0.15) is 0 Å². The van der Waals surface area contributed by atoms with Gasteiger partial charge in [0.25, 0.3) is 5.56 Å². The molecule has 0 radical (unpaired) electrons. The standard InChI is InChI=1S/C22H27N5O/c28-22-21(24-11-7-15-26-13-5-2-6-14-26)25-19-10-12-23-16-20(19)27(22)17-18-8-3-1-4-9-18/h1,3-4,8-10,12,16H,2,5-7,11,13-15,17H2,(H,24,25). The third-order valence-corrected chi connectivity index (χ3v) is 5.32. The van der Waals surface area contributed by atoms with Crippen molar-refractivity contribution in [1.29, 1.82) is 0 Å². The van der Waals surface area contributed by atoms with Crippen molar-refractivity contribution in [1.82, 2.24) is 19.4 Å². The second-order valence-corrected chi connectivity index (χ2v) is 7.38. The number of piperidine rings is 1. The lowest BCUT2D eigenvalue weighted by atomic mass is 10.1. The molecule has 1 aliphatic heterocycles. The Morgan fingerprint density at radius 3 is 2.68 bits per heavy atom. The van der Waals surface area contributed by atoms with Gasteiger partial charge in [-0.3, -0.25) is 14.3 Å². The van der Waals surface area contributed by atoms with Crippen LogP contribution in [0, 0.1) is 0 Å². The van der Waals surface area contributed by atoms with Crippen LogP contribution in [-0.2, 0) is 6.54 Å². The van der Waals surface area contributed by atoms with E-state index in [0.717, 1.165) is 36.1 Å². The molecule has 0 aliphatic carbocycles. The fourth-order valence-electron chi connectivity index (χ4n) is 3.82. The zero-order chi connectivity index (χ0) is 19.2. The molecule has 1 N–H and O–H groups in total. The van der Waals surface area contributed by atoms with Gasteiger partial charge in [0.15, 0.2) is 5.82 Å². The number of rotatable bonds is 7. The summed E-state index contributed by atoms with van der Waals surface area (Å²) in [7, 11) is 0. The van der Waals surface area contributed by atoms with E-state index in [2.05, 4.69) is 20.2 Å². The first-order valence-electron chi connectivity index (χ1n) is 10.2. The average Bonchev–Trinajstić information content (AvgIpc) is 2.75. The predicted octanol–water partition coefficient (Wildman–Crippen LogP) is 3.13. The van der Waals surface area contributed by atoms with Crippen molar-refractivity contribution >= 4 is 16.9 Å². The van der Waals surface area contributed by atoms with E-state index in [1.807, 2.05) is 36.4 Å². The van der Waals surface area contributed by atoms with Gasteiger partial charge in [-0.25, -0.2) is 4.98 Å². The Hall–Kier alpha value is -2.73. The first-order valence-corrected chi connectivity index (χ1v) is 10.2. The van der Waals surface area contributed by atoms with E-state index in [9.17, 15) is 4.79 Å². The van der Waals surface area contributed by atoms with Crippen LogP contribution in [0.1, 0.15) is 31.2 Å². The molecule has 0 spiro atoms. The highest BCUT2D eigenvalue weighted by atomic mass is 16.1. The molecule has 0 atom stereocenters. The van der Waals surface area contributed by atoms with Crippen LogP contribution in [0.3, 0.4) is 0 Å². The summed E-state index contributed by atoms with van der Waals surface area (Å²) in [6, 6.07) is 11.9. The maximum atomic E-state index is 13.1. The zero-order valence-corrected chi connectivity index (χ0v) is 16.2. The molecule has 3 heterocycles. The van der Waals surface area contributed by atoms with Crippen molar-refractivity contribution in [3.05, 3.63) is 64.7 Å². The van der Waals surface area contributed by atoms with Crippen molar-refractivity contribution in [2.75, 3.05) is 31.5 Å². The number of fused-ring (bicyclic) bond motifs is 1. The second-order valence-electron chi connectivity index (χ2n) is 7.38. The zero-order valence-electron chi connectivity index (χ0n) is 16.2. The molecule has 1 fully saturated rings. The van der Waals surface area contributed by atoms with E-state index in [1.54, 1.807) is 17.0 Å². The first kappa shape index (κ1) is 18.6. The van der Waals surface area contributed by atoms with Gasteiger partial charge in [-0.1, -0.05) is 36.8 Å². The minimum absolute atomic E-state index is 0.0951. The van der Waals surface area contributed by atoms with Crippen molar-refractivity contribution in [2.24, 2.45) is 0 Å². The van der Waals surface area contributed by atoms with E-state index in [4.69, 9.17) is 0 Å². The largest absolute Gasteiger partial charge is 0.365 e. The van der Waals surface area contributed by atoms with Gasteiger partial charge in [0.2, 0.25) is 0 Å². The maximum absolute atomic E-state index is 13.1. The summed E-state index contributed by atoms with van der Waals surface area (Å²) in [4.78, 5) is 24.3. The Morgan fingerprint density at radius 2 is 1.86 bits per heavy atom. The van der Waals surface area contributed by atoms with Gasteiger partial charge < -0.3 is 10.2 Å². The SMILES string of the molecule is O=c1c(NCCCN2CCCCC2)nc2ccncc2n1Cc1ccccc1. The van der Waals surface area contributed by atoms with Gasteiger partial charge >= 0.3 is 0 Å². The van der Waals surface area contributed by atoms with Crippen LogP contribution in [0.15, 0.2) is 53.6 Å². The monoisotopic (exact) mass is 377 g/mol. The second kappa shape index (κ2) is 8.97. The smallest absolute Gasteiger partial charge is 0.294 e. The van der Waals surface area contributed by atoms with Crippen LogP contribution >= 0.6 is 0 Å². The van der Waals surface area contributed by atoms with Gasteiger partial charge in [0, 0.05) is 12.7 Å². The van der Waals surface area contributed by atoms with Crippen molar-refractivity contribution < 1.29 is 0 Å². The molecule has 6 heteroatoms. The summed E-state index contributed by atoms with van der Waals surface area (Å²) in [5.41, 5.74) is 2.53. The molecule has 1 saturated heterocycles. The number of hydrogen-bond donors (Lipinski definition) is 1. The molecule has 0 unspecified atom stereocenters. The lowest BCUT2D eigenvalue weighted by molar-refractivity contribution is 0.228. The van der Waals surface area contributed by atoms with Crippen molar-refractivity contribution in [3.8, 4) is 0 Å². The number of benzene rings is 1. The fraction of sp³-hybridized carbons (Fsp3) is 0.409. The highest BCUT2D eigenvalue weighted by Crippen LogP contribution is 2.13.